The first-order valence-corrected chi connectivity index (χ1v) is 17.8. The Kier molecular flexibility index (Phi) is 8.96. The van der Waals surface area contributed by atoms with E-state index >= 15 is 4.79 Å². The van der Waals surface area contributed by atoms with Crippen LogP contribution < -0.4 is 14.9 Å². The SMILES string of the molecule is COc1cc(O)cc(OC)c1C1C2=CCC3C(=O)N(C(C)(C)C)C(=O)C3C2CC2C(=O)N(Nc3ncc(C(F)(F)F)cc3Cl)C(=O)C21c1ccc(Cl)cc1. The number of amides is 4. The molecule has 7 rings (SSSR count). The topological polar surface area (TPSA) is 138 Å². The highest BCUT2D eigenvalue weighted by molar-refractivity contribution is 6.33. The van der Waals surface area contributed by atoms with Crippen LogP contribution >= 0.6 is 23.2 Å². The number of rotatable bonds is 6. The average Bonchev–Trinajstić information content (AvgIpc) is 3.49. The predicted octanol–water partition coefficient (Wildman–Crippen LogP) is 6.91. The lowest BCUT2D eigenvalue weighted by molar-refractivity contribution is -0.146. The molecule has 2 aromatic carbocycles. The van der Waals surface area contributed by atoms with E-state index in [9.17, 15) is 32.7 Å². The van der Waals surface area contributed by atoms with Crippen molar-refractivity contribution in [2.45, 2.75) is 56.7 Å². The Hall–Kier alpha value is -4.82. The molecular formula is C38H35Cl2F3N4O7. The second kappa shape index (κ2) is 12.9. The Morgan fingerprint density at radius 1 is 0.926 bits per heavy atom. The molecule has 1 saturated carbocycles. The summed E-state index contributed by atoms with van der Waals surface area (Å²) in [5, 5.41) is 11.2. The standard InChI is InChI=1S/C38H35Cl2F3N4O7/c1-36(2,3)46-32(49)22-11-10-21-23(28(22)34(46)51)15-24-33(50)47(45-31-25(40)12-18(16-44-31)38(41,42)43)35(52)37(24,17-6-8-19(39)9-7-17)30(21)29-26(53-4)13-20(48)14-27(29)54-5/h6-10,12-14,16,22-24,28,30,48H,11,15H2,1-5H3,(H,44,45). The molecule has 2 aliphatic carbocycles. The molecule has 0 radical (unpaired) electrons. The molecule has 0 bridgehead atoms. The van der Waals surface area contributed by atoms with Gasteiger partial charge in [-0.15, -0.1) is 0 Å². The first-order valence-electron chi connectivity index (χ1n) is 17.0. The number of halogens is 5. The van der Waals surface area contributed by atoms with E-state index in [0.717, 1.165) is 0 Å². The van der Waals surface area contributed by atoms with Crippen LogP contribution in [0.2, 0.25) is 10.0 Å². The highest BCUT2D eigenvalue weighted by atomic mass is 35.5. The van der Waals surface area contributed by atoms with Crippen LogP contribution in [0.5, 0.6) is 17.2 Å². The van der Waals surface area contributed by atoms with Crippen LogP contribution in [-0.2, 0) is 30.8 Å². The fraction of sp³-hybridized carbons (Fsp3) is 0.395. The van der Waals surface area contributed by atoms with Crippen LogP contribution in [0.4, 0.5) is 19.0 Å². The highest BCUT2D eigenvalue weighted by Crippen LogP contribution is 2.66. The summed E-state index contributed by atoms with van der Waals surface area (Å²) in [5.74, 6) is -7.43. The van der Waals surface area contributed by atoms with Gasteiger partial charge in [-0.05, 0) is 63.3 Å². The number of aromatic hydroxyl groups is 1. The number of ether oxygens (including phenoxy) is 2. The molecule has 2 aliphatic heterocycles. The molecule has 4 aliphatic rings. The summed E-state index contributed by atoms with van der Waals surface area (Å²) in [6.45, 7) is 5.29. The van der Waals surface area contributed by atoms with E-state index in [1.54, 1.807) is 45.0 Å². The number of carbonyl (C=O) groups is 4. The molecule has 4 amide bonds. The minimum Gasteiger partial charge on any atom is -0.508 e. The van der Waals surface area contributed by atoms with Crippen molar-refractivity contribution >= 4 is 52.6 Å². The monoisotopic (exact) mass is 786 g/mol. The van der Waals surface area contributed by atoms with Crippen molar-refractivity contribution in [3.8, 4) is 17.2 Å². The molecule has 3 fully saturated rings. The number of anilines is 1. The van der Waals surface area contributed by atoms with Crippen LogP contribution in [0.3, 0.4) is 0 Å². The number of phenols is 1. The van der Waals surface area contributed by atoms with Crippen molar-refractivity contribution in [3.05, 3.63) is 87.0 Å². The third-order valence-electron chi connectivity index (χ3n) is 11.0. The fourth-order valence-electron chi connectivity index (χ4n) is 8.97. The number of methoxy groups -OCH3 is 2. The van der Waals surface area contributed by atoms with Crippen molar-refractivity contribution in [2.24, 2.45) is 23.7 Å². The minimum absolute atomic E-state index is 0.0667. The number of allylic oxidation sites excluding steroid dienone is 2. The number of carbonyl (C=O) groups excluding carboxylic acids is 4. The van der Waals surface area contributed by atoms with Crippen LogP contribution in [0.1, 0.15) is 56.2 Å². The van der Waals surface area contributed by atoms with E-state index in [-0.39, 0.29) is 47.4 Å². The lowest BCUT2D eigenvalue weighted by Gasteiger charge is -2.51. The summed E-state index contributed by atoms with van der Waals surface area (Å²) in [4.78, 5) is 63.6. The first kappa shape index (κ1) is 37.5. The number of imide groups is 2. The Morgan fingerprint density at radius 2 is 1.56 bits per heavy atom. The van der Waals surface area contributed by atoms with Gasteiger partial charge in [0, 0.05) is 40.4 Å². The summed E-state index contributed by atoms with van der Waals surface area (Å²) in [5.41, 5.74) is -0.00599. The zero-order valence-electron chi connectivity index (χ0n) is 29.6. The summed E-state index contributed by atoms with van der Waals surface area (Å²) in [7, 11) is 2.73. The third-order valence-corrected chi connectivity index (χ3v) is 11.6. The van der Waals surface area contributed by atoms with Gasteiger partial charge >= 0.3 is 6.18 Å². The number of benzene rings is 2. The third kappa shape index (κ3) is 5.51. The summed E-state index contributed by atoms with van der Waals surface area (Å²) in [6.07, 6.45) is -2.30. The Balaban J connectivity index is 1.49. The zero-order valence-corrected chi connectivity index (χ0v) is 31.1. The molecule has 1 aromatic heterocycles. The van der Waals surface area contributed by atoms with Crippen molar-refractivity contribution in [2.75, 3.05) is 19.6 Å². The molecule has 2 saturated heterocycles. The van der Waals surface area contributed by atoms with E-state index in [1.807, 2.05) is 6.08 Å². The van der Waals surface area contributed by atoms with E-state index in [1.165, 1.54) is 31.3 Å². The van der Waals surface area contributed by atoms with Gasteiger partial charge in [-0.1, -0.05) is 47.0 Å². The van der Waals surface area contributed by atoms with Gasteiger partial charge in [-0.2, -0.15) is 18.2 Å². The van der Waals surface area contributed by atoms with Gasteiger partial charge in [0.2, 0.25) is 11.8 Å². The highest BCUT2D eigenvalue weighted by Gasteiger charge is 2.71. The molecule has 3 aromatic rings. The summed E-state index contributed by atoms with van der Waals surface area (Å²) >= 11 is 12.6. The number of hydrogen-bond donors (Lipinski definition) is 2. The molecule has 6 unspecified atom stereocenters. The number of alkyl halides is 3. The minimum atomic E-state index is -4.76. The molecule has 6 atom stereocenters. The van der Waals surface area contributed by atoms with Crippen LogP contribution in [0, 0.1) is 23.7 Å². The number of fused-ring (bicyclic) bond motifs is 4. The number of pyridine rings is 1. The molecule has 284 valence electrons. The summed E-state index contributed by atoms with van der Waals surface area (Å²) < 4.78 is 52.1. The van der Waals surface area contributed by atoms with Crippen molar-refractivity contribution in [1.29, 1.82) is 0 Å². The van der Waals surface area contributed by atoms with Crippen molar-refractivity contribution in [1.82, 2.24) is 14.9 Å². The zero-order chi connectivity index (χ0) is 39.2. The van der Waals surface area contributed by atoms with E-state index < -0.39 is 75.0 Å². The molecular weight excluding hydrogens is 752 g/mol. The van der Waals surface area contributed by atoms with E-state index in [2.05, 4.69) is 10.4 Å². The van der Waals surface area contributed by atoms with Crippen molar-refractivity contribution < 1.29 is 46.9 Å². The van der Waals surface area contributed by atoms with Crippen molar-refractivity contribution in [3.63, 3.8) is 0 Å². The Bertz CT molecular complexity index is 2110. The van der Waals surface area contributed by atoms with Gasteiger partial charge in [0.25, 0.3) is 11.8 Å². The van der Waals surface area contributed by atoms with Crippen LogP contribution in [-0.4, -0.2) is 63.4 Å². The van der Waals surface area contributed by atoms with Gasteiger partial charge in [0.15, 0.2) is 5.82 Å². The van der Waals surface area contributed by atoms with Crippen LogP contribution in [0.15, 0.2) is 60.3 Å². The molecule has 0 spiro atoms. The number of phenolic OH excluding ortho intramolecular Hbond substituents is 1. The number of nitrogens with zero attached hydrogens (tertiary/aromatic N) is 3. The number of hydrogen-bond acceptors (Lipinski definition) is 9. The van der Waals surface area contributed by atoms with Crippen LogP contribution in [0.25, 0.3) is 0 Å². The van der Waals surface area contributed by atoms with Gasteiger partial charge in [-0.3, -0.25) is 29.5 Å². The number of hydrazine groups is 1. The lowest BCUT2D eigenvalue weighted by Crippen LogP contribution is -2.53. The quantitative estimate of drug-likeness (QED) is 0.202. The number of aromatic nitrogens is 1. The Labute approximate surface area is 318 Å². The largest absolute Gasteiger partial charge is 0.508 e. The van der Waals surface area contributed by atoms with Gasteiger partial charge < -0.3 is 14.6 Å². The summed E-state index contributed by atoms with van der Waals surface area (Å²) in [6, 6.07) is 9.65. The maximum Gasteiger partial charge on any atom is 0.417 e. The molecule has 2 N–H and O–H groups in total. The molecule has 3 heterocycles. The smallest absolute Gasteiger partial charge is 0.417 e. The van der Waals surface area contributed by atoms with Gasteiger partial charge in [-0.25, -0.2) is 4.98 Å². The maximum absolute atomic E-state index is 15.4. The predicted molar refractivity (Wildman–Crippen MR) is 190 cm³/mol. The first-order chi connectivity index (χ1) is 25.4. The van der Waals surface area contributed by atoms with E-state index in [4.69, 9.17) is 32.7 Å². The van der Waals surface area contributed by atoms with E-state index in [0.29, 0.717) is 33.4 Å². The second-order valence-corrected chi connectivity index (χ2v) is 15.7. The fourth-order valence-corrected chi connectivity index (χ4v) is 9.30. The molecule has 11 nitrogen and oxygen atoms in total. The molecule has 16 heteroatoms. The lowest BCUT2D eigenvalue weighted by atomic mass is 9.49. The Morgan fingerprint density at radius 3 is 2.11 bits per heavy atom. The number of nitrogens with one attached hydrogen (secondary N) is 1. The maximum atomic E-state index is 15.4. The second-order valence-electron chi connectivity index (χ2n) is 14.9. The number of likely N-dealkylation sites (tertiary alicyclic amines) is 1. The van der Waals surface area contributed by atoms with Gasteiger partial charge in [0.1, 0.15) is 17.2 Å². The van der Waals surface area contributed by atoms with Gasteiger partial charge in [0.05, 0.1) is 48.0 Å². The molecule has 54 heavy (non-hydrogen) atoms. The average molecular weight is 788 g/mol. The normalized spacial score (nSPS) is 26.7.